The molecule has 4 rings (SSSR count). The average molecular weight is 418 g/mol. The summed E-state index contributed by atoms with van der Waals surface area (Å²) in [5.41, 5.74) is 0.799. The Kier molecular flexibility index (Phi) is 4.89. The molecule has 1 unspecified atom stereocenters. The first-order chi connectivity index (χ1) is 13.4. The van der Waals surface area contributed by atoms with Crippen LogP contribution in [0.5, 0.6) is 0 Å². The lowest BCUT2D eigenvalue weighted by Gasteiger charge is -2.47. The topological polar surface area (TPSA) is 60.9 Å². The van der Waals surface area contributed by atoms with Crippen molar-refractivity contribution in [1.29, 1.82) is 0 Å². The van der Waals surface area contributed by atoms with Gasteiger partial charge in [-0.25, -0.2) is 0 Å². The van der Waals surface area contributed by atoms with Crippen LogP contribution in [0.15, 0.2) is 41.1 Å². The molecular formula is C20H20ClN3O3S. The molecular weight excluding hydrogens is 398 g/mol. The van der Waals surface area contributed by atoms with Gasteiger partial charge in [-0.1, -0.05) is 17.7 Å². The summed E-state index contributed by atoms with van der Waals surface area (Å²) >= 11 is 7.55. The molecule has 28 heavy (non-hydrogen) atoms. The maximum absolute atomic E-state index is 13.0. The molecule has 146 valence electrons. The summed E-state index contributed by atoms with van der Waals surface area (Å²) in [5.74, 6) is -0.351. The summed E-state index contributed by atoms with van der Waals surface area (Å²) < 4.78 is 0. The molecule has 3 heterocycles. The Morgan fingerprint density at radius 1 is 1.21 bits per heavy atom. The van der Waals surface area contributed by atoms with E-state index < -0.39 is 5.54 Å². The van der Waals surface area contributed by atoms with Gasteiger partial charge < -0.3 is 14.7 Å². The van der Waals surface area contributed by atoms with Crippen LogP contribution in [-0.2, 0) is 9.59 Å². The molecule has 3 amide bonds. The Hall–Kier alpha value is -2.38. The normalized spacial score (nSPS) is 22.2. The Morgan fingerprint density at radius 3 is 2.71 bits per heavy atom. The highest BCUT2D eigenvalue weighted by molar-refractivity contribution is 7.08. The van der Waals surface area contributed by atoms with E-state index in [0.717, 1.165) is 5.69 Å². The van der Waals surface area contributed by atoms with Gasteiger partial charge in [-0.05, 0) is 36.1 Å². The van der Waals surface area contributed by atoms with Crippen molar-refractivity contribution in [3.8, 4) is 0 Å². The third-order valence-electron chi connectivity index (χ3n) is 5.51. The summed E-state index contributed by atoms with van der Waals surface area (Å²) in [5, 5.41) is 4.37. The van der Waals surface area contributed by atoms with E-state index in [0.29, 0.717) is 36.6 Å². The van der Waals surface area contributed by atoms with Gasteiger partial charge in [0, 0.05) is 36.0 Å². The Bertz CT molecular complexity index is 933. The number of amides is 3. The molecule has 2 saturated heterocycles. The fourth-order valence-electron chi connectivity index (χ4n) is 4.13. The van der Waals surface area contributed by atoms with Gasteiger partial charge in [0.1, 0.15) is 6.54 Å². The molecule has 0 aliphatic carbocycles. The number of benzene rings is 1. The number of halogens is 1. The molecule has 1 atom stereocenters. The van der Waals surface area contributed by atoms with Gasteiger partial charge in [0.15, 0.2) is 0 Å². The van der Waals surface area contributed by atoms with Gasteiger partial charge in [0.25, 0.3) is 5.91 Å². The number of carbonyl (C=O) groups excluding carboxylic acids is 3. The minimum atomic E-state index is -0.573. The van der Waals surface area contributed by atoms with Gasteiger partial charge in [-0.2, -0.15) is 11.3 Å². The van der Waals surface area contributed by atoms with Crippen molar-refractivity contribution >= 4 is 46.3 Å². The van der Waals surface area contributed by atoms with Gasteiger partial charge in [-0.3, -0.25) is 14.4 Å². The van der Waals surface area contributed by atoms with Crippen LogP contribution in [0, 0.1) is 0 Å². The maximum Gasteiger partial charge on any atom is 0.253 e. The number of likely N-dealkylation sites (tertiary alicyclic amines) is 1. The number of thiophene rings is 1. The summed E-state index contributed by atoms with van der Waals surface area (Å²) in [4.78, 5) is 43.1. The molecule has 6 nitrogen and oxygen atoms in total. The van der Waals surface area contributed by atoms with Crippen LogP contribution in [-0.4, -0.2) is 59.2 Å². The van der Waals surface area contributed by atoms with Gasteiger partial charge in [0.2, 0.25) is 11.8 Å². The van der Waals surface area contributed by atoms with E-state index >= 15 is 0 Å². The zero-order valence-electron chi connectivity index (χ0n) is 15.4. The van der Waals surface area contributed by atoms with Crippen LogP contribution in [0.2, 0.25) is 5.02 Å². The minimum absolute atomic E-state index is 0.0321. The fraction of sp³-hybridized carbons (Fsp3) is 0.350. The molecule has 2 aliphatic heterocycles. The highest BCUT2D eigenvalue weighted by atomic mass is 35.5. The van der Waals surface area contributed by atoms with Crippen LogP contribution < -0.4 is 4.90 Å². The molecule has 1 aromatic heterocycles. The summed E-state index contributed by atoms with van der Waals surface area (Å²) in [6, 6.07) is 8.78. The van der Waals surface area contributed by atoms with Crippen LogP contribution in [0.25, 0.3) is 0 Å². The van der Waals surface area contributed by atoms with Crippen molar-refractivity contribution in [3.63, 3.8) is 0 Å². The second-order valence-electron chi connectivity index (χ2n) is 7.28. The van der Waals surface area contributed by atoms with E-state index in [9.17, 15) is 14.4 Å². The number of carbonyl (C=O) groups is 3. The third-order valence-corrected chi connectivity index (χ3v) is 6.41. The third kappa shape index (κ3) is 3.29. The average Bonchev–Trinajstić information content (AvgIpc) is 3.33. The van der Waals surface area contributed by atoms with E-state index in [2.05, 4.69) is 0 Å². The molecule has 2 fully saturated rings. The van der Waals surface area contributed by atoms with Crippen LogP contribution in [0.3, 0.4) is 0 Å². The molecule has 0 saturated carbocycles. The van der Waals surface area contributed by atoms with Crippen LogP contribution >= 0.6 is 22.9 Å². The largest absolute Gasteiger partial charge is 0.336 e. The first-order valence-electron chi connectivity index (χ1n) is 9.05. The van der Waals surface area contributed by atoms with Gasteiger partial charge in [-0.15, -0.1) is 0 Å². The van der Waals surface area contributed by atoms with Crippen molar-refractivity contribution < 1.29 is 14.4 Å². The Balaban J connectivity index is 1.61. The molecule has 0 radical (unpaired) electrons. The number of piperazine rings is 1. The van der Waals surface area contributed by atoms with Crippen LogP contribution in [0.1, 0.15) is 23.7 Å². The second-order valence-corrected chi connectivity index (χ2v) is 8.49. The molecule has 0 bridgehead atoms. The zero-order valence-corrected chi connectivity index (χ0v) is 17.0. The molecule has 0 N–H and O–H groups in total. The smallest absolute Gasteiger partial charge is 0.253 e. The van der Waals surface area contributed by atoms with Crippen molar-refractivity contribution in [2.45, 2.75) is 18.9 Å². The van der Waals surface area contributed by atoms with E-state index in [1.807, 2.05) is 16.8 Å². The monoisotopic (exact) mass is 417 g/mol. The lowest BCUT2D eigenvalue weighted by atomic mass is 9.92. The van der Waals surface area contributed by atoms with E-state index in [-0.39, 0.29) is 24.3 Å². The number of hydrogen-bond donors (Lipinski definition) is 0. The minimum Gasteiger partial charge on any atom is -0.336 e. The fourth-order valence-corrected chi connectivity index (χ4v) is 4.96. The van der Waals surface area contributed by atoms with Gasteiger partial charge >= 0.3 is 0 Å². The van der Waals surface area contributed by atoms with Crippen molar-refractivity contribution in [2.75, 3.05) is 31.1 Å². The molecule has 8 heteroatoms. The highest BCUT2D eigenvalue weighted by Gasteiger charge is 2.51. The van der Waals surface area contributed by atoms with Crippen molar-refractivity contribution in [1.82, 2.24) is 9.80 Å². The standard InChI is InChI=1S/C20H20ClN3O3S/c1-14(25)24-10-18(26)23(17-5-8-28-11-17)13-20(24)6-7-22(12-20)19(27)15-3-2-4-16(21)9-15/h2-5,8-9,11H,6-7,10,12-13H2,1H3. The first kappa shape index (κ1) is 19.0. The van der Waals surface area contributed by atoms with Gasteiger partial charge in [0.05, 0.1) is 17.8 Å². The second kappa shape index (κ2) is 7.22. The molecule has 1 aromatic carbocycles. The summed E-state index contributed by atoms with van der Waals surface area (Å²) in [6.07, 6.45) is 0.632. The number of nitrogens with zero attached hydrogens (tertiary/aromatic N) is 3. The predicted molar refractivity (Wildman–Crippen MR) is 109 cm³/mol. The Labute approximate surface area is 172 Å². The van der Waals surface area contributed by atoms with E-state index in [4.69, 9.17) is 11.6 Å². The highest BCUT2D eigenvalue weighted by Crippen LogP contribution is 2.35. The lowest BCUT2D eigenvalue weighted by Crippen LogP contribution is -2.67. The van der Waals surface area contributed by atoms with Crippen molar-refractivity contribution in [3.05, 3.63) is 51.7 Å². The van der Waals surface area contributed by atoms with E-state index in [1.54, 1.807) is 39.0 Å². The van der Waals surface area contributed by atoms with E-state index in [1.165, 1.54) is 18.3 Å². The van der Waals surface area contributed by atoms with Crippen molar-refractivity contribution in [2.24, 2.45) is 0 Å². The molecule has 2 aliphatic rings. The molecule has 1 spiro atoms. The number of hydrogen-bond acceptors (Lipinski definition) is 4. The zero-order chi connectivity index (χ0) is 19.9. The lowest BCUT2D eigenvalue weighted by molar-refractivity contribution is -0.142. The Morgan fingerprint density at radius 2 is 2.04 bits per heavy atom. The summed E-state index contributed by atoms with van der Waals surface area (Å²) in [7, 11) is 0. The molecule has 2 aromatic rings. The summed E-state index contributed by atoms with van der Waals surface area (Å²) in [6.45, 7) is 2.83. The first-order valence-corrected chi connectivity index (χ1v) is 10.4. The SMILES string of the molecule is CC(=O)N1CC(=O)N(c2ccsc2)CC12CCN(C(=O)c1cccc(Cl)c1)C2. The number of anilines is 1. The van der Waals surface area contributed by atoms with Crippen LogP contribution in [0.4, 0.5) is 5.69 Å². The maximum atomic E-state index is 13.0. The number of rotatable bonds is 2. The predicted octanol–water partition coefficient (Wildman–Crippen LogP) is 2.88. The quantitative estimate of drug-likeness (QED) is 0.754.